The van der Waals surface area contributed by atoms with Gasteiger partial charge in [0.25, 0.3) is 0 Å². The van der Waals surface area contributed by atoms with E-state index in [1.807, 2.05) is 49.5 Å². The number of carboxylic acid groups (broad SMARTS) is 1. The smallest absolute Gasteiger partial charge is 0.311 e. The van der Waals surface area contributed by atoms with Gasteiger partial charge in [-0.3, -0.25) is 9.59 Å². The summed E-state index contributed by atoms with van der Waals surface area (Å²) in [5.74, 6) is -6.45. The van der Waals surface area contributed by atoms with Gasteiger partial charge in [0.05, 0.1) is 73.5 Å². The number of allylic oxidation sites excluding steroid dienone is 10. The van der Waals surface area contributed by atoms with E-state index in [9.17, 15) is 60.7 Å². The molecule has 0 saturated carbocycles. The van der Waals surface area contributed by atoms with Crippen LogP contribution in [0.2, 0.25) is 0 Å². The van der Waals surface area contributed by atoms with E-state index in [4.69, 9.17) is 24.7 Å². The number of hydrogen-bond acceptors (Lipinski definition) is 16. The fourth-order valence-electron chi connectivity index (χ4n) is 8.15. The van der Waals surface area contributed by atoms with Crippen molar-refractivity contribution in [1.29, 1.82) is 0 Å². The molecule has 2 bridgehead atoms. The summed E-state index contributed by atoms with van der Waals surface area (Å²) in [5, 5.41) is 107. The standard InChI is InChI=1S/C47H75NO16/c1-28-18-15-13-11-9-7-5-6-8-10-12-14-16-21-36(63-46-44(57)41(48)43(56)31(4)62-46)25-38-40(45(58)59)37(53)27-47(60,64-38)26-33(50)20-17-19-32(49)22-34(51)23-35(52)24-39(54)61-30(3)29(2)42(28)55/h5-6,8,10-16,18,21,28-38,40-44,46,49-53,55-57,60H,7,9,17,19-20,22-27,48H2,1-4H3,(H,58,59)/b6-5+,10-8+,13-11+,14-12+,18-15+,21-16+/t28-,29-,30-,31+,32?,33?,34+,35?,36?,37-,38-,40+,41-,42+,43+,44+,46-,47?/m0/s1. The molecule has 0 aromatic heterocycles. The van der Waals surface area contributed by atoms with Crippen LogP contribution in [-0.2, 0) is 28.5 Å². The molecular formula is C47H75NO16. The zero-order valence-electron chi connectivity index (χ0n) is 37.5. The van der Waals surface area contributed by atoms with E-state index < -0.39 is 134 Å². The molecule has 0 spiro atoms. The molecule has 0 amide bonds. The molecule has 3 aliphatic heterocycles. The summed E-state index contributed by atoms with van der Waals surface area (Å²) in [6.45, 7) is 6.85. The van der Waals surface area contributed by atoms with Crippen LogP contribution in [0.5, 0.6) is 0 Å². The van der Waals surface area contributed by atoms with Gasteiger partial charge in [-0.05, 0) is 58.8 Å². The summed E-state index contributed by atoms with van der Waals surface area (Å²) >= 11 is 0. The lowest BCUT2D eigenvalue weighted by Gasteiger charge is -2.45. The highest BCUT2D eigenvalue weighted by molar-refractivity contribution is 5.71. The summed E-state index contributed by atoms with van der Waals surface area (Å²) in [6.07, 6.45) is 6.74. The number of aliphatic hydroxyl groups is 9. The normalized spacial score (nSPS) is 44.6. The van der Waals surface area contributed by atoms with Crippen molar-refractivity contribution in [3.8, 4) is 0 Å². The summed E-state index contributed by atoms with van der Waals surface area (Å²) in [7, 11) is 0. The Morgan fingerprint density at radius 3 is 1.98 bits per heavy atom. The number of ether oxygens (including phenoxy) is 4. The average Bonchev–Trinajstić information content (AvgIpc) is 3.20. The van der Waals surface area contributed by atoms with Crippen LogP contribution in [0.1, 0.15) is 98.3 Å². The molecule has 0 aromatic carbocycles. The van der Waals surface area contributed by atoms with E-state index in [0.29, 0.717) is 0 Å². The van der Waals surface area contributed by atoms with Crippen LogP contribution in [0.3, 0.4) is 0 Å². The van der Waals surface area contributed by atoms with Gasteiger partial charge < -0.3 is 75.7 Å². The van der Waals surface area contributed by atoms with Crippen LogP contribution in [0.4, 0.5) is 0 Å². The molecule has 2 fully saturated rings. The van der Waals surface area contributed by atoms with Gasteiger partial charge >= 0.3 is 11.9 Å². The Balaban J connectivity index is 1.81. The summed E-state index contributed by atoms with van der Waals surface area (Å²) < 4.78 is 23.3. The predicted molar refractivity (Wildman–Crippen MR) is 236 cm³/mol. The van der Waals surface area contributed by atoms with Gasteiger partial charge in [-0.25, -0.2) is 0 Å². The second kappa shape index (κ2) is 27.5. The number of aliphatic carboxylic acids is 1. The molecule has 5 unspecified atom stereocenters. The van der Waals surface area contributed by atoms with Gasteiger partial charge in [-0.15, -0.1) is 0 Å². The van der Waals surface area contributed by atoms with Crippen molar-refractivity contribution in [3.63, 3.8) is 0 Å². The number of carboxylic acids is 1. The number of cyclic esters (lactones) is 1. The third-order valence-electron chi connectivity index (χ3n) is 12.1. The third-order valence-corrected chi connectivity index (χ3v) is 12.1. The van der Waals surface area contributed by atoms with Gasteiger partial charge in [-0.1, -0.05) is 86.8 Å². The predicted octanol–water partition coefficient (Wildman–Crippen LogP) is 1.96. The first kappa shape index (κ1) is 55.2. The molecule has 17 heteroatoms. The highest BCUT2D eigenvalue weighted by atomic mass is 16.7. The van der Waals surface area contributed by atoms with E-state index in [2.05, 4.69) is 0 Å². The monoisotopic (exact) mass is 910 g/mol. The minimum atomic E-state index is -2.17. The van der Waals surface area contributed by atoms with Crippen LogP contribution < -0.4 is 5.73 Å². The number of fused-ring (bicyclic) bond motifs is 2. The van der Waals surface area contributed by atoms with E-state index in [0.717, 1.165) is 12.8 Å². The number of hydrogen-bond donors (Lipinski definition) is 11. The number of esters is 1. The molecule has 0 aromatic rings. The first-order valence-electron chi connectivity index (χ1n) is 22.5. The fourth-order valence-corrected chi connectivity index (χ4v) is 8.15. The maximum atomic E-state index is 12.6. The topological polar surface area (TPSA) is 299 Å². The van der Waals surface area contributed by atoms with Gasteiger partial charge in [0, 0.05) is 31.1 Å². The first-order valence-corrected chi connectivity index (χ1v) is 22.5. The molecule has 3 aliphatic rings. The molecule has 0 radical (unpaired) electrons. The molecule has 0 aliphatic carbocycles. The molecule has 12 N–H and O–H groups in total. The van der Waals surface area contributed by atoms with Gasteiger partial charge in [0.1, 0.15) is 18.1 Å². The van der Waals surface area contributed by atoms with E-state index in [1.54, 1.807) is 51.2 Å². The van der Waals surface area contributed by atoms with Crippen molar-refractivity contribution in [1.82, 2.24) is 0 Å². The number of nitrogens with two attached hydrogens (primary N) is 1. The summed E-state index contributed by atoms with van der Waals surface area (Å²) in [4.78, 5) is 25.1. The number of rotatable bonds is 3. The number of aliphatic hydroxyl groups excluding tert-OH is 8. The van der Waals surface area contributed by atoms with Crippen molar-refractivity contribution >= 4 is 11.9 Å². The Morgan fingerprint density at radius 2 is 1.31 bits per heavy atom. The summed E-state index contributed by atoms with van der Waals surface area (Å²) in [6, 6.07) is -1.12. The minimum Gasteiger partial charge on any atom is -0.481 e. The second-order valence-corrected chi connectivity index (χ2v) is 17.7. The van der Waals surface area contributed by atoms with Gasteiger partial charge in [0.2, 0.25) is 0 Å². The minimum absolute atomic E-state index is 0.0556. The number of carbonyl (C=O) groups is 2. The molecule has 3 heterocycles. The average molecular weight is 910 g/mol. The van der Waals surface area contributed by atoms with Crippen molar-refractivity contribution < 1.29 is 79.6 Å². The van der Waals surface area contributed by atoms with E-state index in [1.165, 1.54) is 0 Å². The van der Waals surface area contributed by atoms with Crippen molar-refractivity contribution in [2.24, 2.45) is 23.5 Å². The lowest BCUT2D eigenvalue weighted by atomic mass is 9.83. The maximum absolute atomic E-state index is 12.6. The Hall–Kier alpha value is -3.14. The number of carbonyl (C=O) groups excluding carboxylic acids is 1. The van der Waals surface area contributed by atoms with Crippen LogP contribution in [0.15, 0.2) is 72.9 Å². The van der Waals surface area contributed by atoms with E-state index in [-0.39, 0.29) is 44.4 Å². The Kier molecular flexibility index (Phi) is 23.7. The Bertz CT molecular complexity index is 1580. The molecular weight excluding hydrogens is 835 g/mol. The largest absolute Gasteiger partial charge is 0.481 e. The van der Waals surface area contributed by atoms with Crippen molar-refractivity contribution in [2.75, 3.05) is 0 Å². The second-order valence-electron chi connectivity index (χ2n) is 17.7. The SMILES string of the molecule is C[C@@H]1[C@H](O)[C@@H](C)/C=C/C=C/CC/C=C/C=C/C=C/C=C/C(O[C@@H]2O[C@H](C)[C@@H](O)[C@H](N)[C@H]2O)C[C@@H]2OC(O)(CC(O)CCCC(O)C[C@@H](O)CC(O)CC(=O)O[C@H]1C)C[C@H](O)[C@H]2C(=O)O. The van der Waals surface area contributed by atoms with Crippen molar-refractivity contribution in [3.05, 3.63) is 72.9 Å². The van der Waals surface area contributed by atoms with Gasteiger partial charge in [0.15, 0.2) is 12.1 Å². The first-order chi connectivity index (χ1) is 30.2. The molecule has 17 nitrogen and oxygen atoms in total. The molecule has 18 atom stereocenters. The Labute approximate surface area is 376 Å². The molecule has 2 saturated heterocycles. The zero-order chi connectivity index (χ0) is 47.6. The third kappa shape index (κ3) is 18.6. The molecule has 364 valence electrons. The van der Waals surface area contributed by atoms with Crippen LogP contribution in [-0.4, -0.2) is 154 Å². The zero-order valence-corrected chi connectivity index (χ0v) is 37.5. The maximum Gasteiger partial charge on any atom is 0.311 e. The molecule has 3 rings (SSSR count). The lowest BCUT2D eigenvalue weighted by molar-refractivity contribution is -0.308. The van der Waals surface area contributed by atoms with E-state index >= 15 is 0 Å². The quantitative estimate of drug-likeness (QED) is 0.180. The lowest BCUT2D eigenvalue weighted by Crippen LogP contribution is -2.61. The fraction of sp³-hybridized carbons (Fsp3) is 0.702. The highest BCUT2D eigenvalue weighted by Gasteiger charge is 2.50. The van der Waals surface area contributed by atoms with Crippen molar-refractivity contribution in [2.45, 2.75) is 190 Å². The molecule has 64 heavy (non-hydrogen) atoms. The van der Waals surface area contributed by atoms with Crippen LogP contribution >= 0.6 is 0 Å². The highest BCUT2D eigenvalue weighted by Crippen LogP contribution is 2.38. The van der Waals surface area contributed by atoms with Crippen LogP contribution in [0, 0.1) is 17.8 Å². The van der Waals surface area contributed by atoms with Gasteiger partial charge in [-0.2, -0.15) is 0 Å². The van der Waals surface area contributed by atoms with Crippen LogP contribution in [0.25, 0.3) is 0 Å². The summed E-state index contributed by atoms with van der Waals surface area (Å²) in [5.41, 5.74) is 6.03. The Morgan fingerprint density at radius 1 is 0.719 bits per heavy atom.